The van der Waals surface area contributed by atoms with Crippen LogP contribution in [0.4, 0.5) is 0 Å². The molecule has 2 aliphatic rings. The van der Waals surface area contributed by atoms with Crippen LogP contribution in [0.5, 0.6) is 5.75 Å². The van der Waals surface area contributed by atoms with E-state index in [4.69, 9.17) is 4.74 Å². The summed E-state index contributed by atoms with van der Waals surface area (Å²) in [4.78, 5) is 0.389. The van der Waals surface area contributed by atoms with Gasteiger partial charge in [-0.1, -0.05) is 29.8 Å². The molecule has 2 heterocycles. The van der Waals surface area contributed by atoms with Gasteiger partial charge in [0.1, 0.15) is 5.75 Å². The molecule has 2 fully saturated rings. The molecule has 2 N–H and O–H groups in total. The van der Waals surface area contributed by atoms with Gasteiger partial charge >= 0.3 is 0 Å². The monoisotopic (exact) mass is 415 g/mol. The number of methoxy groups -OCH3 is 1. The standard InChI is InChI=1S/C22H29N3O3S/c1-16-6-8-20(9-7-16)29(26,27)25-12-10-17(11-13-25)21-15-22(24-23-21)18-4-3-5-19(14-18)28-2/h3-9,14,17,21-24H,10-13,15H2,1-2H3. The molecule has 4 rings (SSSR count). The summed E-state index contributed by atoms with van der Waals surface area (Å²) in [6.07, 6.45) is 2.73. The molecule has 7 heteroatoms. The fourth-order valence-corrected chi connectivity index (χ4v) is 5.81. The molecule has 0 aliphatic carbocycles. The molecule has 156 valence electrons. The van der Waals surface area contributed by atoms with Crippen LogP contribution in [0.3, 0.4) is 0 Å². The Bertz CT molecular complexity index is 938. The second-order valence-corrected chi connectivity index (χ2v) is 9.95. The molecular weight excluding hydrogens is 386 g/mol. The van der Waals surface area contributed by atoms with Crippen molar-refractivity contribution >= 4 is 10.0 Å². The van der Waals surface area contributed by atoms with Gasteiger partial charge in [-0.15, -0.1) is 0 Å². The Morgan fingerprint density at radius 2 is 1.76 bits per heavy atom. The number of ether oxygens (including phenoxy) is 1. The lowest BCUT2D eigenvalue weighted by Gasteiger charge is -2.34. The van der Waals surface area contributed by atoms with Crippen LogP contribution in [0.25, 0.3) is 0 Å². The second kappa shape index (κ2) is 8.44. The highest BCUT2D eigenvalue weighted by Gasteiger charge is 2.36. The lowest BCUT2D eigenvalue weighted by atomic mass is 9.87. The summed E-state index contributed by atoms with van der Waals surface area (Å²) in [5, 5.41) is 0. The first-order chi connectivity index (χ1) is 14.0. The molecule has 2 saturated heterocycles. The van der Waals surface area contributed by atoms with Gasteiger partial charge in [-0.3, -0.25) is 10.9 Å². The molecule has 0 amide bonds. The Hall–Kier alpha value is -1.93. The maximum absolute atomic E-state index is 12.9. The average Bonchev–Trinajstić information content (AvgIpc) is 3.24. The fraction of sp³-hybridized carbons (Fsp3) is 0.455. The van der Waals surface area contributed by atoms with E-state index in [-0.39, 0.29) is 6.04 Å². The van der Waals surface area contributed by atoms with Crippen molar-refractivity contribution < 1.29 is 13.2 Å². The number of hydrogen-bond donors (Lipinski definition) is 2. The Balaban J connectivity index is 1.36. The van der Waals surface area contributed by atoms with Gasteiger partial charge in [0.25, 0.3) is 0 Å². The van der Waals surface area contributed by atoms with E-state index in [2.05, 4.69) is 23.0 Å². The van der Waals surface area contributed by atoms with E-state index >= 15 is 0 Å². The number of hydrogen-bond acceptors (Lipinski definition) is 5. The summed E-state index contributed by atoms with van der Waals surface area (Å²) in [6.45, 7) is 3.11. The first-order valence-corrected chi connectivity index (χ1v) is 11.6. The molecule has 0 spiro atoms. The Kier molecular flexibility index (Phi) is 5.92. The minimum absolute atomic E-state index is 0.240. The smallest absolute Gasteiger partial charge is 0.243 e. The third-order valence-corrected chi connectivity index (χ3v) is 8.07. The van der Waals surface area contributed by atoms with Gasteiger partial charge in [0.2, 0.25) is 10.0 Å². The van der Waals surface area contributed by atoms with E-state index in [1.54, 1.807) is 23.5 Å². The zero-order valence-electron chi connectivity index (χ0n) is 17.0. The number of benzene rings is 2. The van der Waals surface area contributed by atoms with Crippen LogP contribution in [0.2, 0.25) is 0 Å². The van der Waals surface area contributed by atoms with Crippen LogP contribution >= 0.6 is 0 Å². The molecule has 2 aromatic rings. The van der Waals surface area contributed by atoms with E-state index < -0.39 is 10.0 Å². The summed E-state index contributed by atoms with van der Waals surface area (Å²) in [5.41, 5.74) is 9.12. The van der Waals surface area contributed by atoms with Gasteiger partial charge in [0, 0.05) is 25.2 Å². The molecule has 2 aliphatic heterocycles. The van der Waals surface area contributed by atoms with Gasteiger partial charge in [0.05, 0.1) is 12.0 Å². The molecule has 0 radical (unpaired) electrons. The van der Waals surface area contributed by atoms with Crippen molar-refractivity contribution in [3.8, 4) is 5.75 Å². The van der Waals surface area contributed by atoms with Crippen LogP contribution in [0, 0.1) is 12.8 Å². The molecule has 2 aromatic carbocycles. The largest absolute Gasteiger partial charge is 0.497 e. The molecular formula is C22H29N3O3S. The van der Waals surface area contributed by atoms with Gasteiger partial charge < -0.3 is 4.74 Å². The molecule has 0 bridgehead atoms. The van der Waals surface area contributed by atoms with Gasteiger partial charge in [-0.05, 0) is 61.9 Å². The summed E-state index contributed by atoms with van der Waals surface area (Å²) in [6, 6.07) is 15.8. The SMILES string of the molecule is COc1cccc(C2CC(C3CCN(S(=O)(=O)c4ccc(C)cc4)CC3)NN2)c1. The molecule has 0 saturated carbocycles. The van der Waals surface area contributed by atoms with Crippen LogP contribution < -0.4 is 15.6 Å². The fourth-order valence-electron chi connectivity index (χ4n) is 4.35. The van der Waals surface area contributed by atoms with E-state index in [1.807, 2.05) is 31.2 Å². The number of hydrazine groups is 1. The quantitative estimate of drug-likeness (QED) is 0.786. The van der Waals surface area contributed by atoms with Crippen molar-refractivity contribution in [2.24, 2.45) is 5.92 Å². The van der Waals surface area contributed by atoms with E-state index in [0.717, 1.165) is 30.6 Å². The summed E-state index contributed by atoms with van der Waals surface area (Å²) >= 11 is 0. The molecule has 0 aromatic heterocycles. The number of nitrogens with zero attached hydrogens (tertiary/aromatic N) is 1. The normalized spacial score (nSPS) is 23.9. The number of piperidine rings is 1. The maximum atomic E-state index is 12.9. The Morgan fingerprint density at radius 1 is 1.03 bits per heavy atom. The van der Waals surface area contributed by atoms with Crippen LogP contribution in [0.15, 0.2) is 53.4 Å². The Labute approximate surface area is 173 Å². The predicted molar refractivity (Wildman–Crippen MR) is 113 cm³/mol. The van der Waals surface area contributed by atoms with E-state index in [0.29, 0.717) is 29.9 Å². The highest BCUT2D eigenvalue weighted by atomic mass is 32.2. The van der Waals surface area contributed by atoms with Crippen LogP contribution in [-0.2, 0) is 10.0 Å². The topological polar surface area (TPSA) is 70.7 Å². The van der Waals surface area contributed by atoms with Gasteiger partial charge in [-0.25, -0.2) is 8.42 Å². The zero-order chi connectivity index (χ0) is 20.4. The number of sulfonamides is 1. The lowest BCUT2D eigenvalue weighted by Crippen LogP contribution is -2.44. The first kappa shape index (κ1) is 20.3. The van der Waals surface area contributed by atoms with Crippen molar-refractivity contribution in [3.63, 3.8) is 0 Å². The number of rotatable bonds is 5. The third-order valence-electron chi connectivity index (χ3n) is 6.16. The van der Waals surface area contributed by atoms with E-state index in [1.165, 1.54) is 5.56 Å². The lowest BCUT2D eigenvalue weighted by molar-refractivity contribution is 0.230. The second-order valence-electron chi connectivity index (χ2n) is 8.01. The van der Waals surface area contributed by atoms with Crippen molar-refractivity contribution in [2.45, 2.75) is 43.2 Å². The first-order valence-electron chi connectivity index (χ1n) is 10.2. The van der Waals surface area contributed by atoms with Crippen molar-refractivity contribution in [1.82, 2.24) is 15.2 Å². The zero-order valence-corrected chi connectivity index (χ0v) is 17.8. The van der Waals surface area contributed by atoms with E-state index in [9.17, 15) is 8.42 Å². The highest BCUT2D eigenvalue weighted by Crippen LogP contribution is 2.33. The van der Waals surface area contributed by atoms with Crippen molar-refractivity contribution in [1.29, 1.82) is 0 Å². The van der Waals surface area contributed by atoms with Gasteiger partial charge in [-0.2, -0.15) is 4.31 Å². The summed E-state index contributed by atoms with van der Waals surface area (Å²) < 4.78 is 32.8. The molecule has 6 nitrogen and oxygen atoms in total. The number of aryl methyl sites for hydroxylation is 1. The van der Waals surface area contributed by atoms with Crippen molar-refractivity contribution in [3.05, 3.63) is 59.7 Å². The minimum Gasteiger partial charge on any atom is -0.497 e. The average molecular weight is 416 g/mol. The number of nitrogens with one attached hydrogen (secondary N) is 2. The van der Waals surface area contributed by atoms with Crippen LogP contribution in [0.1, 0.15) is 36.4 Å². The predicted octanol–water partition coefficient (Wildman–Crippen LogP) is 3.01. The summed E-state index contributed by atoms with van der Waals surface area (Å²) in [5.74, 6) is 1.32. The third kappa shape index (κ3) is 4.33. The van der Waals surface area contributed by atoms with Crippen molar-refractivity contribution in [2.75, 3.05) is 20.2 Å². The molecule has 2 atom stereocenters. The maximum Gasteiger partial charge on any atom is 0.243 e. The molecule has 29 heavy (non-hydrogen) atoms. The molecule has 2 unspecified atom stereocenters. The minimum atomic E-state index is -3.40. The van der Waals surface area contributed by atoms with Crippen LogP contribution in [-0.4, -0.2) is 39.0 Å². The van der Waals surface area contributed by atoms with Gasteiger partial charge in [0.15, 0.2) is 0 Å². The highest BCUT2D eigenvalue weighted by molar-refractivity contribution is 7.89. The summed E-state index contributed by atoms with van der Waals surface area (Å²) in [7, 11) is -1.72. The Morgan fingerprint density at radius 3 is 2.45 bits per heavy atom.